The van der Waals surface area contributed by atoms with Crippen LogP contribution in [0.1, 0.15) is 13.8 Å². The van der Waals surface area contributed by atoms with Crippen molar-refractivity contribution in [1.29, 1.82) is 0 Å². The van der Waals surface area contributed by atoms with Crippen LogP contribution in [-0.4, -0.2) is 74.0 Å². The number of ketones is 2. The number of allylic oxidation sites excluding steroid dienone is 2. The second-order valence-corrected chi connectivity index (χ2v) is 5.80. The van der Waals surface area contributed by atoms with Crippen molar-refractivity contribution in [3.63, 3.8) is 0 Å². The Labute approximate surface area is 130 Å². The molecular formula is C16H22N2O4. The topological polar surface area (TPSA) is 59.1 Å². The summed E-state index contributed by atoms with van der Waals surface area (Å²) in [6.07, 6.45) is 0. The summed E-state index contributed by atoms with van der Waals surface area (Å²) in [7, 11) is 0. The predicted octanol–water partition coefficient (Wildman–Crippen LogP) is 0.351. The van der Waals surface area contributed by atoms with E-state index in [4.69, 9.17) is 9.47 Å². The molecule has 3 aliphatic rings. The van der Waals surface area contributed by atoms with Gasteiger partial charge in [0.05, 0.1) is 37.8 Å². The summed E-state index contributed by atoms with van der Waals surface area (Å²) in [5.74, 6) is -0.757. The normalized spacial score (nSPS) is 24.5. The van der Waals surface area contributed by atoms with E-state index in [1.165, 1.54) is 0 Å². The van der Waals surface area contributed by atoms with Crippen LogP contribution in [0.2, 0.25) is 0 Å². The van der Waals surface area contributed by atoms with Gasteiger partial charge in [-0.05, 0) is 13.8 Å². The van der Waals surface area contributed by atoms with E-state index in [9.17, 15) is 9.59 Å². The van der Waals surface area contributed by atoms with Crippen LogP contribution in [-0.2, 0) is 19.1 Å². The Kier molecular flexibility index (Phi) is 4.31. The monoisotopic (exact) mass is 306 g/mol. The van der Waals surface area contributed by atoms with E-state index in [1.807, 2.05) is 0 Å². The maximum absolute atomic E-state index is 12.3. The molecule has 2 saturated heterocycles. The van der Waals surface area contributed by atoms with Gasteiger partial charge in [0.1, 0.15) is 0 Å². The third kappa shape index (κ3) is 2.57. The molecule has 1 aliphatic carbocycles. The van der Waals surface area contributed by atoms with E-state index in [0.717, 1.165) is 37.6 Å². The quantitative estimate of drug-likeness (QED) is 0.542. The lowest BCUT2D eigenvalue weighted by atomic mass is 9.90. The molecule has 0 aromatic heterocycles. The predicted molar refractivity (Wildman–Crippen MR) is 80.2 cm³/mol. The van der Waals surface area contributed by atoms with Gasteiger partial charge >= 0.3 is 0 Å². The number of hydrogen-bond donors (Lipinski definition) is 0. The van der Waals surface area contributed by atoms with Gasteiger partial charge in [0.2, 0.25) is 11.6 Å². The fourth-order valence-corrected chi connectivity index (χ4v) is 3.26. The molecule has 6 nitrogen and oxygen atoms in total. The molecule has 2 fully saturated rings. The third-order valence-corrected chi connectivity index (χ3v) is 4.48. The zero-order valence-corrected chi connectivity index (χ0v) is 13.2. The molecule has 0 aromatic carbocycles. The Bertz CT molecular complexity index is 502. The van der Waals surface area contributed by atoms with Crippen LogP contribution in [0.4, 0.5) is 0 Å². The smallest absolute Gasteiger partial charge is 0.231 e. The van der Waals surface area contributed by atoms with Crippen molar-refractivity contribution in [3.8, 4) is 0 Å². The molecule has 6 heteroatoms. The van der Waals surface area contributed by atoms with Gasteiger partial charge in [0.15, 0.2) is 0 Å². The van der Waals surface area contributed by atoms with E-state index in [0.29, 0.717) is 37.6 Å². The highest BCUT2D eigenvalue weighted by atomic mass is 16.5. The molecular weight excluding hydrogens is 284 g/mol. The Balaban J connectivity index is 2.03. The minimum absolute atomic E-state index is 0.379. The summed E-state index contributed by atoms with van der Waals surface area (Å²) in [4.78, 5) is 28.9. The highest BCUT2D eigenvalue weighted by Crippen LogP contribution is 2.32. The second-order valence-electron chi connectivity index (χ2n) is 5.80. The van der Waals surface area contributed by atoms with Crippen LogP contribution in [0.25, 0.3) is 0 Å². The SMILES string of the molecule is CC1=C(N2CCOCC2)C(N2CCOCC2)=C(C)C(=O)C1=O. The molecule has 0 bridgehead atoms. The number of morpholine rings is 2. The molecule has 3 rings (SSSR count). The molecule has 22 heavy (non-hydrogen) atoms. The van der Waals surface area contributed by atoms with Crippen molar-refractivity contribution in [1.82, 2.24) is 9.80 Å². The second kappa shape index (κ2) is 6.22. The summed E-state index contributed by atoms with van der Waals surface area (Å²) < 4.78 is 10.8. The Morgan fingerprint density at radius 2 is 1.00 bits per heavy atom. The average Bonchev–Trinajstić information content (AvgIpc) is 2.57. The number of carbonyl (C=O) groups is 2. The number of carbonyl (C=O) groups excluding carboxylic acids is 2. The van der Waals surface area contributed by atoms with Crippen molar-refractivity contribution in [3.05, 3.63) is 22.5 Å². The minimum Gasteiger partial charge on any atom is -0.378 e. The molecule has 0 radical (unpaired) electrons. The molecule has 120 valence electrons. The van der Waals surface area contributed by atoms with Gasteiger partial charge in [0, 0.05) is 37.3 Å². The van der Waals surface area contributed by atoms with Crippen LogP contribution in [0.15, 0.2) is 22.5 Å². The highest BCUT2D eigenvalue weighted by Gasteiger charge is 2.36. The van der Waals surface area contributed by atoms with E-state index >= 15 is 0 Å². The molecule has 0 saturated carbocycles. The fraction of sp³-hybridized carbons (Fsp3) is 0.625. The Morgan fingerprint density at radius 3 is 1.32 bits per heavy atom. The van der Waals surface area contributed by atoms with Crippen LogP contribution in [0, 0.1) is 0 Å². The van der Waals surface area contributed by atoms with Gasteiger partial charge in [0.25, 0.3) is 0 Å². The zero-order chi connectivity index (χ0) is 15.7. The summed E-state index contributed by atoms with van der Waals surface area (Å²) in [5, 5.41) is 0. The fourth-order valence-electron chi connectivity index (χ4n) is 3.26. The first-order chi connectivity index (χ1) is 10.6. The zero-order valence-electron chi connectivity index (χ0n) is 13.2. The maximum atomic E-state index is 12.3. The van der Waals surface area contributed by atoms with Gasteiger partial charge in [-0.2, -0.15) is 0 Å². The van der Waals surface area contributed by atoms with Crippen molar-refractivity contribution in [2.45, 2.75) is 13.8 Å². The average molecular weight is 306 g/mol. The van der Waals surface area contributed by atoms with Crippen LogP contribution >= 0.6 is 0 Å². The van der Waals surface area contributed by atoms with Gasteiger partial charge in [-0.25, -0.2) is 0 Å². The van der Waals surface area contributed by atoms with Crippen molar-refractivity contribution in [2.75, 3.05) is 52.6 Å². The first-order valence-electron chi connectivity index (χ1n) is 7.78. The molecule has 2 heterocycles. The summed E-state index contributed by atoms with van der Waals surface area (Å²) in [6.45, 7) is 9.09. The van der Waals surface area contributed by atoms with Gasteiger partial charge in [-0.15, -0.1) is 0 Å². The maximum Gasteiger partial charge on any atom is 0.231 e. The van der Waals surface area contributed by atoms with Gasteiger partial charge < -0.3 is 19.3 Å². The molecule has 0 atom stereocenters. The Hall–Kier alpha value is -1.66. The summed E-state index contributed by atoms with van der Waals surface area (Å²) >= 11 is 0. The molecule has 0 N–H and O–H groups in total. The van der Waals surface area contributed by atoms with E-state index in [1.54, 1.807) is 13.8 Å². The van der Waals surface area contributed by atoms with Gasteiger partial charge in [-0.1, -0.05) is 0 Å². The number of hydrogen-bond acceptors (Lipinski definition) is 6. The number of nitrogens with zero attached hydrogens (tertiary/aromatic N) is 2. The standard InChI is InChI=1S/C16H22N2O4/c1-11-13(17-3-7-21-8-4-17)14(12(2)16(20)15(11)19)18-5-9-22-10-6-18/h3-10H2,1-2H3. The summed E-state index contributed by atoms with van der Waals surface area (Å²) in [5.41, 5.74) is 2.93. The van der Waals surface area contributed by atoms with Crippen LogP contribution in [0.3, 0.4) is 0 Å². The first-order valence-corrected chi connectivity index (χ1v) is 7.78. The molecule has 0 unspecified atom stereocenters. The van der Waals surface area contributed by atoms with Crippen LogP contribution < -0.4 is 0 Å². The van der Waals surface area contributed by atoms with Gasteiger partial charge in [-0.3, -0.25) is 9.59 Å². The van der Waals surface area contributed by atoms with Crippen LogP contribution in [0.5, 0.6) is 0 Å². The first kappa shape index (κ1) is 15.2. The van der Waals surface area contributed by atoms with E-state index in [-0.39, 0.29) is 11.6 Å². The number of Topliss-reactive ketones (excluding diaryl/α,β-unsaturated/α-hetero) is 2. The van der Waals surface area contributed by atoms with E-state index < -0.39 is 0 Å². The number of ether oxygens (including phenoxy) is 2. The number of rotatable bonds is 2. The molecule has 0 spiro atoms. The molecule has 0 amide bonds. The lowest BCUT2D eigenvalue weighted by Crippen LogP contribution is -2.45. The lowest BCUT2D eigenvalue weighted by molar-refractivity contribution is -0.132. The van der Waals surface area contributed by atoms with Crippen molar-refractivity contribution >= 4 is 11.6 Å². The summed E-state index contributed by atoms with van der Waals surface area (Å²) in [6, 6.07) is 0. The third-order valence-electron chi connectivity index (χ3n) is 4.48. The van der Waals surface area contributed by atoms with Crippen molar-refractivity contribution in [2.24, 2.45) is 0 Å². The highest BCUT2D eigenvalue weighted by molar-refractivity contribution is 6.50. The minimum atomic E-state index is -0.379. The van der Waals surface area contributed by atoms with E-state index in [2.05, 4.69) is 9.80 Å². The van der Waals surface area contributed by atoms with Crippen molar-refractivity contribution < 1.29 is 19.1 Å². The molecule has 0 aromatic rings. The molecule has 2 aliphatic heterocycles. The lowest BCUT2D eigenvalue weighted by Gasteiger charge is -2.41. The largest absolute Gasteiger partial charge is 0.378 e. The Morgan fingerprint density at radius 1 is 0.682 bits per heavy atom.